The SMILES string of the molecule is Cc1ccc(C(=O)[C@H](C)OC(=O)CNC(=O)c2sc3ccccc3c2Cl)cc1. The van der Waals surface area contributed by atoms with E-state index in [4.69, 9.17) is 16.3 Å². The van der Waals surface area contributed by atoms with Crippen LogP contribution in [0.25, 0.3) is 10.1 Å². The predicted molar refractivity (Wildman–Crippen MR) is 110 cm³/mol. The molecule has 2 aromatic carbocycles. The fourth-order valence-electron chi connectivity index (χ4n) is 2.64. The number of Topliss-reactive ketones (excluding diaryl/α,β-unsaturated/α-hetero) is 1. The minimum absolute atomic E-state index is 0.299. The molecule has 28 heavy (non-hydrogen) atoms. The van der Waals surface area contributed by atoms with Crippen LogP contribution in [0.4, 0.5) is 0 Å². The molecule has 0 aliphatic carbocycles. The number of ketones is 1. The molecule has 0 spiro atoms. The molecule has 1 heterocycles. The second-order valence-corrected chi connectivity index (χ2v) is 7.72. The van der Waals surface area contributed by atoms with Crippen molar-refractivity contribution in [1.82, 2.24) is 5.32 Å². The first-order valence-corrected chi connectivity index (χ1v) is 9.82. The van der Waals surface area contributed by atoms with Gasteiger partial charge >= 0.3 is 5.97 Å². The van der Waals surface area contributed by atoms with Crippen molar-refractivity contribution in [3.63, 3.8) is 0 Å². The van der Waals surface area contributed by atoms with Crippen molar-refractivity contribution in [2.75, 3.05) is 6.54 Å². The lowest BCUT2D eigenvalue weighted by Gasteiger charge is -2.13. The Morgan fingerprint density at radius 1 is 1.11 bits per heavy atom. The molecule has 144 valence electrons. The summed E-state index contributed by atoms with van der Waals surface area (Å²) < 4.78 is 6.03. The van der Waals surface area contributed by atoms with E-state index in [1.165, 1.54) is 18.3 Å². The summed E-state index contributed by atoms with van der Waals surface area (Å²) in [5, 5.41) is 3.64. The van der Waals surface area contributed by atoms with Crippen molar-refractivity contribution in [3.05, 3.63) is 69.6 Å². The average Bonchev–Trinajstić information content (AvgIpc) is 3.03. The van der Waals surface area contributed by atoms with E-state index in [-0.39, 0.29) is 12.3 Å². The monoisotopic (exact) mass is 415 g/mol. The molecule has 1 N–H and O–H groups in total. The van der Waals surface area contributed by atoms with Crippen LogP contribution in [0, 0.1) is 6.92 Å². The first-order valence-electron chi connectivity index (χ1n) is 8.62. The average molecular weight is 416 g/mol. The van der Waals surface area contributed by atoms with Crippen molar-refractivity contribution in [2.45, 2.75) is 20.0 Å². The number of benzene rings is 2. The highest BCUT2D eigenvalue weighted by atomic mass is 35.5. The van der Waals surface area contributed by atoms with Crippen LogP contribution in [0.15, 0.2) is 48.5 Å². The lowest BCUT2D eigenvalue weighted by Crippen LogP contribution is -2.33. The van der Waals surface area contributed by atoms with E-state index in [0.29, 0.717) is 15.5 Å². The number of esters is 1. The van der Waals surface area contributed by atoms with E-state index in [0.717, 1.165) is 15.6 Å². The summed E-state index contributed by atoms with van der Waals surface area (Å²) in [6.07, 6.45) is -0.944. The molecule has 1 amide bonds. The first kappa shape index (κ1) is 20.0. The molecule has 0 saturated heterocycles. The van der Waals surface area contributed by atoms with Gasteiger partial charge in [-0.05, 0) is 19.9 Å². The number of nitrogens with one attached hydrogen (secondary N) is 1. The molecule has 0 saturated carbocycles. The van der Waals surface area contributed by atoms with Gasteiger partial charge in [0.1, 0.15) is 11.4 Å². The Balaban J connectivity index is 1.57. The van der Waals surface area contributed by atoms with Gasteiger partial charge in [0.25, 0.3) is 5.91 Å². The molecule has 5 nitrogen and oxygen atoms in total. The van der Waals surface area contributed by atoms with Gasteiger partial charge in [-0.15, -0.1) is 11.3 Å². The molecular formula is C21H18ClNO4S. The number of ether oxygens (including phenoxy) is 1. The van der Waals surface area contributed by atoms with E-state index < -0.39 is 18.0 Å². The van der Waals surface area contributed by atoms with E-state index in [1.54, 1.807) is 12.1 Å². The number of hydrogen-bond donors (Lipinski definition) is 1. The molecule has 3 rings (SSSR count). The van der Waals surface area contributed by atoms with Crippen molar-refractivity contribution in [3.8, 4) is 0 Å². The van der Waals surface area contributed by atoms with Crippen molar-refractivity contribution in [2.24, 2.45) is 0 Å². The zero-order valence-electron chi connectivity index (χ0n) is 15.3. The van der Waals surface area contributed by atoms with Gasteiger partial charge in [0.2, 0.25) is 5.78 Å². The summed E-state index contributed by atoms with van der Waals surface area (Å²) in [4.78, 5) is 37.0. The third-order valence-corrected chi connectivity index (χ3v) is 5.82. The van der Waals surface area contributed by atoms with Crippen molar-refractivity contribution in [1.29, 1.82) is 0 Å². The number of carbonyl (C=O) groups excluding carboxylic acids is 3. The minimum Gasteiger partial charge on any atom is -0.453 e. The molecule has 1 atom stereocenters. The number of rotatable bonds is 6. The van der Waals surface area contributed by atoms with Crippen molar-refractivity contribution < 1.29 is 19.1 Å². The smallest absolute Gasteiger partial charge is 0.326 e. The van der Waals surface area contributed by atoms with Crippen LogP contribution in [0.5, 0.6) is 0 Å². The highest BCUT2D eigenvalue weighted by Crippen LogP contribution is 2.34. The fourth-order valence-corrected chi connectivity index (χ4v) is 4.07. The Morgan fingerprint density at radius 2 is 1.79 bits per heavy atom. The standard InChI is InChI=1S/C21H18ClNO4S/c1-12-7-9-14(10-8-12)19(25)13(2)27-17(24)11-23-21(26)20-18(22)15-5-3-4-6-16(15)28-20/h3-10,13H,11H2,1-2H3,(H,23,26)/t13-/m0/s1. The molecule has 7 heteroatoms. The Labute approximate surface area is 171 Å². The molecule has 0 aliphatic rings. The van der Waals surface area contributed by atoms with Gasteiger partial charge in [0, 0.05) is 15.6 Å². The summed E-state index contributed by atoms with van der Waals surface area (Å²) in [6, 6.07) is 14.4. The molecule has 0 aliphatic heterocycles. The second kappa shape index (κ2) is 8.54. The number of carbonyl (C=O) groups is 3. The van der Waals surface area contributed by atoms with Crippen LogP contribution >= 0.6 is 22.9 Å². The Morgan fingerprint density at radius 3 is 2.46 bits per heavy atom. The topological polar surface area (TPSA) is 72.5 Å². The number of thiophene rings is 1. The van der Waals surface area contributed by atoms with E-state index in [2.05, 4.69) is 5.32 Å². The summed E-state index contributed by atoms with van der Waals surface area (Å²) in [5.41, 5.74) is 1.50. The maximum Gasteiger partial charge on any atom is 0.326 e. The maximum absolute atomic E-state index is 12.4. The number of aryl methyl sites for hydroxylation is 1. The van der Waals surface area contributed by atoms with E-state index >= 15 is 0 Å². The summed E-state index contributed by atoms with van der Waals surface area (Å²) in [7, 11) is 0. The maximum atomic E-state index is 12.4. The Kier molecular flexibility index (Phi) is 6.11. The highest BCUT2D eigenvalue weighted by molar-refractivity contribution is 7.21. The molecule has 1 aromatic heterocycles. The highest BCUT2D eigenvalue weighted by Gasteiger charge is 2.21. The van der Waals surface area contributed by atoms with Gasteiger partial charge in [-0.1, -0.05) is 59.6 Å². The second-order valence-electron chi connectivity index (χ2n) is 6.29. The zero-order chi connectivity index (χ0) is 20.3. The fraction of sp³-hybridized carbons (Fsp3) is 0.190. The Hall–Kier alpha value is -2.70. The van der Waals surface area contributed by atoms with Gasteiger partial charge in [-0.2, -0.15) is 0 Å². The zero-order valence-corrected chi connectivity index (χ0v) is 16.9. The summed E-state index contributed by atoms with van der Waals surface area (Å²) in [5.74, 6) is -1.45. The first-order chi connectivity index (χ1) is 13.4. The van der Waals surface area contributed by atoms with Gasteiger partial charge in [-0.25, -0.2) is 0 Å². The van der Waals surface area contributed by atoms with Crippen LogP contribution in [-0.2, 0) is 9.53 Å². The third kappa shape index (κ3) is 4.40. The summed E-state index contributed by atoms with van der Waals surface area (Å²) >= 11 is 7.51. The number of fused-ring (bicyclic) bond motifs is 1. The Bertz CT molecular complexity index is 1040. The van der Waals surface area contributed by atoms with Gasteiger partial charge in [0.15, 0.2) is 6.10 Å². The third-order valence-electron chi connectivity index (χ3n) is 4.15. The minimum atomic E-state index is -0.944. The number of halogens is 1. The van der Waals surface area contributed by atoms with Gasteiger partial charge < -0.3 is 10.1 Å². The lowest BCUT2D eigenvalue weighted by molar-refractivity contribution is -0.145. The molecule has 3 aromatic rings. The van der Waals surface area contributed by atoms with Crippen LogP contribution in [0.3, 0.4) is 0 Å². The largest absolute Gasteiger partial charge is 0.453 e. The van der Waals surface area contributed by atoms with Gasteiger partial charge in [0.05, 0.1) is 5.02 Å². The van der Waals surface area contributed by atoms with Crippen molar-refractivity contribution >= 4 is 50.7 Å². The van der Waals surface area contributed by atoms with Crippen LogP contribution in [-0.4, -0.2) is 30.3 Å². The van der Waals surface area contributed by atoms with Gasteiger partial charge in [-0.3, -0.25) is 14.4 Å². The van der Waals surface area contributed by atoms with Crippen LogP contribution < -0.4 is 5.32 Å². The quantitative estimate of drug-likeness (QED) is 0.478. The predicted octanol–water partition coefficient (Wildman–Crippen LogP) is 4.41. The number of amides is 1. The molecule has 0 unspecified atom stereocenters. The molecule has 0 radical (unpaired) electrons. The number of hydrogen-bond acceptors (Lipinski definition) is 5. The summed E-state index contributed by atoms with van der Waals surface area (Å²) in [6.45, 7) is 3.07. The molecule has 0 fully saturated rings. The molecular weight excluding hydrogens is 398 g/mol. The van der Waals surface area contributed by atoms with Crippen LogP contribution in [0.2, 0.25) is 5.02 Å². The van der Waals surface area contributed by atoms with E-state index in [9.17, 15) is 14.4 Å². The molecule has 0 bridgehead atoms. The van der Waals surface area contributed by atoms with Crippen LogP contribution in [0.1, 0.15) is 32.5 Å². The lowest BCUT2D eigenvalue weighted by atomic mass is 10.1. The van der Waals surface area contributed by atoms with E-state index in [1.807, 2.05) is 43.3 Å². The normalized spacial score (nSPS) is 11.8.